The Balaban J connectivity index is 2.16. The van der Waals surface area contributed by atoms with Crippen LogP contribution in [0.1, 0.15) is 16.6 Å². The molecule has 0 unspecified atom stereocenters. The monoisotopic (exact) mass is 296 g/mol. The number of amides is 1. The van der Waals surface area contributed by atoms with Crippen LogP contribution in [0.15, 0.2) is 60.2 Å². The lowest BCUT2D eigenvalue weighted by Gasteiger charge is -2.09. The fourth-order valence-corrected chi connectivity index (χ4v) is 3.31. The molecule has 0 aliphatic heterocycles. The number of thiophene rings is 1. The summed E-state index contributed by atoms with van der Waals surface area (Å²) in [6.45, 7) is 2.56. The van der Waals surface area contributed by atoms with Crippen LogP contribution in [-0.4, -0.2) is 17.0 Å². The van der Waals surface area contributed by atoms with Gasteiger partial charge in [0.25, 0.3) is 5.91 Å². The maximum absolute atomic E-state index is 12.3. The summed E-state index contributed by atoms with van der Waals surface area (Å²) in [6, 6.07) is 14.1. The minimum atomic E-state index is -0.0200. The highest BCUT2D eigenvalue weighted by Gasteiger charge is 2.19. The molecule has 0 atom stereocenters. The second-order valence-electron chi connectivity index (χ2n) is 4.64. The molecule has 0 saturated carbocycles. The summed E-state index contributed by atoms with van der Waals surface area (Å²) in [5, 5.41) is 4.94. The third kappa shape index (κ3) is 2.62. The molecule has 21 heavy (non-hydrogen) atoms. The molecule has 0 aliphatic rings. The fourth-order valence-electron chi connectivity index (χ4n) is 2.32. The van der Waals surface area contributed by atoms with Crippen LogP contribution in [-0.2, 0) is 0 Å². The van der Waals surface area contributed by atoms with Crippen molar-refractivity contribution in [2.45, 2.75) is 6.92 Å². The van der Waals surface area contributed by atoms with Gasteiger partial charge in [-0.05, 0) is 24.6 Å². The molecular formula is C17H16N2OS. The largest absolute Gasteiger partial charge is 0.352 e. The predicted molar refractivity (Wildman–Crippen MR) is 87.1 cm³/mol. The summed E-state index contributed by atoms with van der Waals surface area (Å²) in [7, 11) is 0. The highest BCUT2D eigenvalue weighted by molar-refractivity contribution is 7.13. The van der Waals surface area contributed by atoms with Gasteiger partial charge in [0.1, 0.15) is 4.88 Å². The zero-order valence-electron chi connectivity index (χ0n) is 11.7. The van der Waals surface area contributed by atoms with Crippen LogP contribution in [0.25, 0.3) is 16.8 Å². The minimum Gasteiger partial charge on any atom is -0.352 e. The Morgan fingerprint density at radius 2 is 1.86 bits per heavy atom. The Morgan fingerprint density at radius 3 is 2.52 bits per heavy atom. The van der Waals surface area contributed by atoms with Crippen LogP contribution >= 0.6 is 11.3 Å². The molecule has 4 heteroatoms. The van der Waals surface area contributed by atoms with Crippen molar-refractivity contribution in [1.82, 2.24) is 9.88 Å². The van der Waals surface area contributed by atoms with Crippen molar-refractivity contribution in [1.29, 1.82) is 0 Å². The average Bonchev–Trinajstić information content (AvgIpc) is 3.17. The molecular weight excluding hydrogens is 280 g/mol. The number of carbonyl (C=O) groups excluding carboxylic acids is 1. The first-order chi connectivity index (χ1) is 10.3. The maximum atomic E-state index is 12.3. The van der Waals surface area contributed by atoms with Crippen LogP contribution < -0.4 is 5.32 Å². The van der Waals surface area contributed by atoms with E-state index in [9.17, 15) is 4.79 Å². The first kappa shape index (κ1) is 13.6. The fraction of sp³-hybridized carbons (Fsp3) is 0.118. The number of hydrogen-bond donors (Lipinski definition) is 1. The molecule has 2 aromatic heterocycles. The average molecular weight is 296 g/mol. The second-order valence-corrected chi connectivity index (χ2v) is 5.52. The van der Waals surface area contributed by atoms with E-state index in [4.69, 9.17) is 0 Å². The molecule has 3 aromatic rings. The summed E-state index contributed by atoms with van der Waals surface area (Å²) >= 11 is 1.48. The second kappa shape index (κ2) is 5.97. The van der Waals surface area contributed by atoms with E-state index in [0.29, 0.717) is 6.54 Å². The molecule has 1 amide bonds. The first-order valence-electron chi connectivity index (χ1n) is 6.89. The van der Waals surface area contributed by atoms with Crippen LogP contribution in [0.3, 0.4) is 0 Å². The van der Waals surface area contributed by atoms with Crippen molar-refractivity contribution in [2.24, 2.45) is 0 Å². The molecule has 0 radical (unpaired) electrons. The third-order valence-corrected chi connectivity index (χ3v) is 4.22. The van der Waals surface area contributed by atoms with Gasteiger partial charge in [-0.1, -0.05) is 30.3 Å². The number of nitrogens with zero attached hydrogens (tertiary/aromatic N) is 1. The van der Waals surface area contributed by atoms with E-state index in [1.54, 1.807) is 0 Å². The van der Waals surface area contributed by atoms with Crippen molar-refractivity contribution in [3.05, 3.63) is 65.1 Å². The van der Waals surface area contributed by atoms with E-state index in [1.807, 2.05) is 54.2 Å². The van der Waals surface area contributed by atoms with Crippen LogP contribution in [0.5, 0.6) is 0 Å². The van der Waals surface area contributed by atoms with Gasteiger partial charge in [0.2, 0.25) is 0 Å². The maximum Gasteiger partial charge on any atom is 0.263 e. The van der Waals surface area contributed by atoms with Crippen LogP contribution in [0.2, 0.25) is 0 Å². The molecule has 1 aromatic carbocycles. The van der Waals surface area contributed by atoms with Crippen molar-refractivity contribution >= 4 is 17.2 Å². The van der Waals surface area contributed by atoms with Gasteiger partial charge >= 0.3 is 0 Å². The quantitative estimate of drug-likeness (QED) is 0.777. The molecule has 3 nitrogen and oxygen atoms in total. The normalized spacial score (nSPS) is 10.5. The van der Waals surface area contributed by atoms with Gasteiger partial charge in [0.15, 0.2) is 0 Å². The topological polar surface area (TPSA) is 34.0 Å². The number of benzene rings is 1. The molecule has 2 heterocycles. The molecule has 0 fully saturated rings. The lowest BCUT2D eigenvalue weighted by molar-refractivity contribution is 0.0960. The number of aromatic nitrogens is 1. The summed E-state index contributed by atoms with van der Waals surface area (Å²) in [5.74, 6) is -0.0200. The van der Waals surface area contributed by atoms with Crippen molar-refractivity contribution in [2.75, 3.05) is 6.54 Å². The van der Waals surface area contributed by atoms with Gasteiger partial charge in [-0.15, -0.1) is 11.3 Å². The van der Waals surface area contributed by atoms with Gasteiger partial charge in [0.05, 0.1) is 5.69 Å². The molecule has 106 valence electrons. The van der Waals surface area contributed by atoms with Crippen molar-refractivity contribution in [3.63, 3.8) is 0 Å². The van der Waals surface area contributed by atoms with E-state index in [2.05, 4.69) is 22.8 Å². The summed E-state index contributed by atoms with van der Waals surface area (Å²) in [5.41, 5.74) is 3.15. The van der Waals surface area contributed by atoms with E-state index in [1.165, 1.54) is 11.3 Å². The predicted octanol–water partition coefficient (Wildman–Crippen LogP) is 3.96. The Bertz CT molecular complexity index is 730. The Kier molecular flexibility index (Phi) is 3.88. The smallest absolute Gasteiger partial charge is 0.263 e. The summed E-state index contributed by atoms with van der Waals surface area (Å²) in [4.78, 5) is 13.0. The zero-order chi connectivity index (χ0) is 14.7. The van der Waals surface area contributed by atoms with Crippen LogP contribution in [0.4, 0.5) is 0 Å². The number of hydrogen-bond acceptors (Lipinski definition) is 2. The zero-order valence-corrected chi connectivity index (χ0v) is 12.6. The number of carbonyl (C=O) groups is 1. The molecule has 0 aliphatic carbocycles. The van der Waals surface area contributed by atoms with E-state index >= 15 is 0 Å². The highest BCUT2D eigenvalue weighted by Crippen LogP contribution is 2.34. The van der Waals surface area contributed by atoms with Gasteiger partial charge < -0.3 is 9.88 Å². The minimum absolute atomic E-state index is 0.0200. The number of rotatable bonds is 4. The molecule has 0 bridgehead atoms. The van der Waals surface area contributed by atoms with Gasteiger partial charge in [-0.25, -0.2) is 0 Å². The van der Waals surface area contributed by atoms with Gasteiger partial charge in [0, 0.05) is 29.9 Å². The van der Waals surface area contributed by atoms with E-state index in [-0.39, 0.29) is 5.91 Å². The summed E-state index contributed by atoms with van der Waals surface area (Å²) in [6.07, 6.45) is 3.94. The van der Waals surface area contributed by atoms with Crippen LogP contribution in [0, 0.1) is 0 Å². The first-order valence-corrected chi connectivity index (χ1v) is 7.77. The van der Waals surface area contributed by atoms with Crippen molar-refractivity contribution < 1.29 is 4.79 Å². The van der Waals surface area contributed by atoms with E-state index in [0.717, 1.165) is 21.7 Å². The Hall–Kier alpha value is -2.33. The standard InChI is InChI=1S/C17H16N2OS/c1-2-18-17(20)16-15(19-10-6-7-11-19)14(12-21-16)13-8-4-3-5-9-13/h3-12H,2H2,1H3,(H,18,20). The van der Waals surface area contributed by atoms with E-state index < -0.39 is 0 Å². The van der Waals surface area contributed by atoms with Gasteiger partial charge in [-0.3, -0.25) is 4.79 Å². The third-order valence-electron chi connectivity index (χ3n) is 3.26. The molecule has 0 saturated heterocycles. The Labute approximate surface area is 127 Å². The lowest BCUT2D eigenvalue weighted by Crippen LogP contribution is -2.22. The highest BCUT2D eigenvalue weighted by atomic mass is 32.1. The Morgan fingerprint density at radius 1 is 1.14 bits per heavy atom. The summed E-state index contributed by atoms with van der Waals surface area (Å²) < 4.78 is 2.00. The SMILES string of the molecule is CCNC(=O)c1scc(-c2ccccc2)c1-n1cccc1. The molecule has 1 N–H and O–H groups in total. The molecule has 0 spiro atoms. The molecule has 3 rings (SSSR count). The van der Waals surface area contributed by atoms with Gasteiger partial charge in [-0.2, -0.15) is 0 Å². The number of nitrogens with one attached hydrogen (secondary N) is 1. The lowest BCUT2D eigenvalue weighted by atomic mass is 10.1. The van der Waals surface area contributed by atoms with Crippen molar-refractivity contribution in [3.8, 4) is 16.8 Å².